The van der Waals surface area contributed by atoms with E-state index < -0.39 is 17.9 Å². The number of aliphatic hydroxyl groups is 1. The van der Waals surface area contributed by atoms with Crippen molar-refractivity contribution in [2.45, 2.75) is 47.1 Å². The van der Waals surface area contributed by atoms with E-state index in [-0.39, 0.29) is 22.8 Å². The fourth-order valence-electron chi connectivity index (χ4n) is 0. The van der Waals surface area contributed by atoms with Crippen LogP contribution in [-0.2, 0) is 14.4 Å². The Bertz CT molecular complexity index is 327. The molecule has 0 aliphatic heterocycles. The predicted octanol–water partition coefficient (Wildman–Crippen LogP) is 2.72. The fraction of sp³-hybridized carbons (Fsp3) is 0.438. The number of hydrogen-bond donors (Lipinski definition) is 4. The van der Waals surface area contributed by atoms with Crippen molar-refractivity contribution in [2.24, 2.45) is 0 Å². The van der Waals surface area contributed by atoms with Gasteiger partial charge in [-0.15, -0.1) is 0 Å². The first kappa shape index (κ1) is 28.7. The first-order valence-corrected chi connectivity index (χ1v) is 6.54. The van der Waals surface area contributed by atoms with Crippen molar-refractivity contribution in [2.75, 3.05) is 0 Å². The molecule has 23 heavy (non-hydrogen) atoms. The summed E-state index contributed by atoms with van der Waals surface area (Å²) in [6.45, 7) is 17.5. The van der Waals surface area contributed by atoms with Gasteiger partial charge in [0.2, 0.25) is 0 Å². The van der Waals surface area contributed by atoms with Crippen LogP contribution in [0.2, 0.25) is 0 Å². The molecule has 0 radical (unpaired) electrons. The van der Waals surface area contributed by atoms with Crippen molar-refractivity contribution in [3.05, 3.63) is 36.5 Å². The molecule has 0 heterocycles. The van der Waals surface area contributed by atoms with Gasteiger partial charge in [-0.3, -0.25) is 0 Å². The van der Waals surface area contributed by atoms with Crippen LogP contribution in [0.15, 0.2) is 36.5 Å². The van der Waals surface area contributed by atoms with E-state index in [1.807, 2.05) is 6.92 Å². The van der Waals surface area contributed by atoms with Crippen molar-refractivity contribution < 1.29 is 34.8 Å². The number of hydrogen-bond acceptors (Lipinski definition) is 4. The molecule has 7 nitrogen and oxygen atoms in total. The van der Waals surface area contributed by atoms with Gasteiger partial charge in [-0.1, -0.05) is 26.7 Å². The average Bonchev–Trinajstić information content (AvgIpc) is 2.40. The molecule has 0 fully saturated rings. The van der Waals surface area contributed by atoms with E-state index in [0.29, 0.717) is 0 Å². The number of rotatable bonds is 4. The van der Waals surface area contributed by atoms with Crippen LogP contribution < -0.4 is 0 Å². The lowest BCUT2D eigenvalue weighted by molar-refractivity contribution is -0.133. The Hall–Kier alpha value is -2.41. The molecule has 0 rings (SSSR count). The number of aliphatic carboxylic acids is 3. The van der Waals surface area contributed by atoms with Gasteiger partial charge in [-0.05, 0) is 34.1 Å². The zero-order chi connectivity index (χ0) is 19.7. The van der Waals surface area contributed by atoms with Crippen LogP contribution in [0.1, 0.15) is 41.0 Å². The molecule has 0 saturated heterocycles. The van der Waals surface area contributed by atoms with Gasteiger partial charge >= 0.3 is 17.9 Å². The molecule has 0 bridgehead atoms. The zero-order valence-electron chi connectivity index (χ0n) is 14.4. The summed E-state index contributed by atoms with van der Waals surface area (Å²) in [6.07, 6.45) is 0.745. The predicted molar refractivity (Wildman–Crippen MR) is 89.3 cm³/mol. The Kier molecular flexibility index (Phi) is 22.0. The summed E-state index contributed by atoms with van der Waals surface area (Å²) >= 11 is 0. The Balaban J connectivity index is -0.000000105. The largest absolute Gasteiger partial charge is 0.478 e. The quantitative estimate of drug-likeness (QED) is 0.582. The van der Waals surface area contributed by atoms with Gasteiger partial charge in [0.25, 0.3) is 0 Å². The molecule has 0 amide bonds. The van der Waals surface area contributed by atoms with Crippen LogP contribution >= 0.6 is 0 Å². The van der Waals surface area contributed by atoms with E-state index in [1.165, 1.54) is 20.8 Å². The second-order valence-electron chi connectivity index (χ2n) is 4.51. The maximum atomic E-state index is 9.60. The van der Waals surface area contributed by atoms with Gasteiger partial charge in [-0.25, -0.2) is 14.4 Å². The van der Waals surface area contributed by atoms with Crippen molar-refractivity contribution >= 4 is 17.9 Å². The lowest BCUT2D eigenvalue weighted by Gasteiger charge is -1.90. The van der Waals surface area contributed by atoms with Crippen LogP contribution in [0.5, 0.6) is 0 Å². The van der Waals surface area contributed by atoms with Crippen molar-refractivity contribution in [1.82, 2.24) is 0 Å². The van der Waals surface area contributed by atoms with E-state index in [9.17, 15) is 14.4 Å². The van der Waals surface area contributed by atoms with E-state index in [2.05, 4.69) is 19.7 Å². The van der Waals surface area contributed by atoms with Crippen molar-refractivity contribution in [1.29, 1.82) is 0 Å². The highest BCUT2D eigenvalue weighted by atomic mass is 16.4. The Labute approximate surface area is 137 Å². The second-order valence-corrected chi connectivity index (χ2v) is 4.51. The lowest BCUT2D eigenvalue weighted by Crippen LogP contribution is -1.93. The van der Waals surface area contributed by atoms with Gasteiger partial charge < -0.3 is 20.4 Å². The minimum atomic E-state index is -0.935. The van der Waals surface area contributed by atoms with Crippen LogP contribution in [0, 0.1) is 0 Å². The molecular formula is C16H28O7. The molecule has 0 saturated carbocycles. The molecule has 0 aliphatic carbocycles. The third-order valence-electron chi connectivity index (χ3n) is 1.69. The lowest BCUT2D eigenvalue weighted by atomic mass is 10.3. The van der Waals surface area contributed by atoms with Crippen LogP contribution in [0.4, 0.5) is 0 Å². The minimum absolute atomic E-state index is 0.116. The highest BCUT2D eigenvalue weighted by molar-refractivity contribution is 5.85. The molecule has 0 aliphatic rings. The van der Waals surface area contributed by atoms with Gasteiger partial charge in [0.05, 0.1) is 6.10 Å². The number of carboxylic acids is 3. The summed E-state index contributed by atoms with van der Waals surface area (Å²) < 4.78 is 0. The Morgan fingerprint density at radius 2 is 0.870 bits per heavy atom. The molecule has 0 aromatic rings. The number of aliphatic hydroxyl groups excluding tert-OH is 1. The van der Waals surface area contributed by atoms with Gasteiger partial charge in [-0.2, -0.15) is 0 Å². The number of carbonyl (C=O) groups is 3. The van der Waals surface area contributed by atoms with E-state index in [0.717, 1.165) is 6.42 Å². The molecule has 1 atom stereocenters. The zero-order valence-corrected chi connectivity index (χ0v) is 14.4. The topological polar surface area (TPSA) is 132 Å². The minimum Gasteiger partial charge on any atom is -0.478 e. The molecular weight excluding hydrogens is 304 g/mol. The standard InChI is InChI=1S/3C4H6O2.C4H10O/c3*1-3(2)4(5)6;1-3-4(2)5/h3*1H2,2H3,(H,5,6);4-5H,3H2,1-2H3. The average molecular weight is 332 g/mol. The summed E-state index contributed by atoms with van der Waals surface area (Å²) in [4.78, 5) is 28.8. The normalized spacial score (nSPS) is 9.13. The van der Waals surface area contributed by atoms with E-state index in [1.54, 1.807) is 6.92 Å². The van der Waals surface area contributed by atoms with E-state index in [4.69, 9.17) is 20.4 Å². The Morgan fingerprint density at radius 1 is 0.783 bits per heavy atom. The van der Waals surface area contributed by atoms with Crippen LogP contribution in [0.25, 0.3) is 0 Å². The molecule has 0 aromatic carbocycles. The third-order valence-corrected chi connectivity index (χ3v) is 1.69. The first-order valence-electron chi connectivity index (χ1n) is 6.54. The van der Waals surface area contributed by atoms with Crippen molar-refractivity contribution in [3.8, 4) is 0 Å². The SMILES string of the molecule is C=C(C)C(=O)O.C=C(C)C(=O)O.C=C(C)C(=O)O.CCC(C)O. The van der Waals surface area contributed by atoms with Crippen LogP contribution in [-0.4, -0.2) is 44.4 Å². The highest BCUT2D eigenvalue weighted by Gasteiger charge is 1.91. The van der Waals surface area contributed by atoms with Gasteiger partial charge in [0, 0.05) is 16.7 Å². The number of carboxylic acid groups (broad SMARTS) is 3. The molecule has 0 aromatic heterocycles. The molecule has 4 N–H and O–H groups in total. The summed E-state index contributed by atoms with van der Waals surface area (Å²) in [6, 6.07) is 0. The fourth-order valence-corrected chi connectivity index (χ4v) is 0. The summed E-state index contributed by atoms with van der Waals surface area (Å²) in [5, 5.41) is 32.0. The highest BCUT2D eigenvalue weighted by Crippen LogP contribution is 1.82. The summed E-state index contributed by atoms with van der Waals surface area (Å²) in [5.74, 6) is -2.81. The monoisotopic (exact) mass is 332 g/mol. The van der Waals surface area contributed by atoms with Gasteiger partial charge in [0.1, 0.15) is 0 Å². The molecule has 0 spiro atoms. The van der Waals surface area contributed by atoms with E-state index >= 15 is 0 Å². The Morgan fingerprint density at radius 3 is 0.870 bits per heavy atom. The second kappa shape index (κ2) is 17.6. The molecule has 134 valence electrons. The smallest absolute Gasteiger partial charge is 0.330 e. The molecule has 7 heteroatoms. The van der Waals surface area contributed by atoms with Gasteiger partial charge in [0.15, 0.2) is 0 Å². The summed E-state index contributed by atoms with van der Waals surface area (Å²) in [7, 11) is 0. The first-order chi connectivity index (χ1) is 10.2. The summed E-state index contributed by atoms with van der Waals surface area (Å²) in [5.41, 5.74) is 0.528. The third kappa shape index (κ3) is 45.1. The molecule has 1 unspecified atom stereocenters. The maximum absolute atomic E-state index is 9.60. The van der Waals surface area contributed by atoms with Crippen LogP contribution in [0.3, 0.4) is 0 Å². The van der Waals surface area contributed by atoms with Crippen molar-refractivity contribution in [3.63, 3.8) is 0 Å². The maximum Gasteiger partial charge on any atom is 0.330 e.